The monoisotopic (exact) mass is 343 g/mol. The van der Waals surface area contributed by atoms with Crippen LogP contribution in [0.4, 0.5) is 0 Å². The molecule has 1 amide bonds. The minimum atomic E-state index is -0.418. The summed E-state index contributed by atoms with van der Waals surface area (Å²) in [7, 11) is 0. The van der Waals surface area contributed by atoms with E-state index in [0.717, 1.165) is 38.6 Å². The molecule has 0 rings (SSSR count). The Morgan fingerprint density at radius 3 is 2.17 bits per heavy atom. The highest BCUT2D eigenvalue weighted by molar-refractivity contribution is 8.14. The van der Waals surface area contributed by atoms with Crippen molar-refractivity contribution in [2.75, 3.05) is 6.54 Å². The first-order valence-corrected chi connectivity index (χ1v) is 9.92. The Balaban J connectivity index is 4.58. The molecule has 0 saturated heterocycles. The molecule has 4 heteroatoms. The third kappa shape index (κ3) is 8.78. The molecule has 0 aliphatic carbocycles. The highest BCUT2D eigenvalue weighted by Crippen LogP contribution is 2.41. The zero-order valence-electron chi connectivity index (χ0n) is 16.3. The summed E-state index contributed by atoms with van der Waals surface area (Å²) < 4.78 is 0. The maximum atomic E-state index is 12.3. The molecule has 3 nitrogen and oxygen atoms in total. The van der Waals surface area contributed by atoms with Gasteiger partial charge in [-0.15, -0.1) is 0 Å². The lowest BCUT2D eigenvalue weighted by atomic mass is 9.73. The van der Waals surface area contributed by atoms with Crippen molar-refractivity contribution in [3.05, 3.63) is 0 Å². The second kappa shape index (κ2) is 10.4. The lowest BCUT2D eigenvalue weighted by Gasteiger charge is -2.37. The molecule has 1 N–H and O–H groups in total. The van der Waals surface area contributed by atoms with Gasteiger partial charge in [0.15, 0.2) is 5.12 Å². The van der Waals surface area contributed by atoms with E-state index in [-0.39, 0.29) is 21.7 Å². The van der Waals surface area contributed by atoms with Crippen LogP contribution in [-0.4, -0.2) is 22.8 Å². The Bertz CT molecular complexity index is 378. The summed E-state index contributed by atoms with van der Waals surface area (Å²) in [6.07, 6.45) is 5.63. The van der Waals surface area contributed by atoms with Crippen molar-refractivity contribution in [2.24, 2.45) is 10.8 Å². The molecule has 0 bridgehead atoms. The first-order valence-electron chi connectivity index (χ1n) is 9.04. The van der Waals surface area contributed by atoms with Crippen LogP contribution in [0.2, 0.25) is 0 Å². The van der Waals surface area contributed by atoms with Crippen LogP contribution in [0.15, 0.2) is 0 Å². The van der Waals surface area contributed by atoms with Gasteiger partial charge in [-0.3, -0.25) is 9.59 Å². The molecule has 0 aromatic carbocycles. The van der Waals surface area contributed by atoms with E-state index in [2.05, 4.69) is 39.9 Å². The quantitative estimate of drug-likeness (QED) is 0.526. The summed E-state index contributed by atoms with van der Waals surface area (Å²) in [6, 6.07) is 0. The second-order valence-corrected chi connectivity index (χ2v) is 9.29. The van der Waals surface area contributed by atoms with Crippen LogP contribution in [-0.2, 0) is 9.59 Å². The number of hydrogen-bond donors (Lipinski definition) is 1. The normalized spacial score (nSPS) is 13.7. The molecule has 0 heterocycles. The minimum absolute atomic E-state index is 0.0713. The van der Waals surface area contributed by atoms with Gasteiger partial charge in [0.25, 0.3) is 0 Å². The van der Waals surface area contributed by atoms with E-state index in [0.29, 0.717) is 6.42 Å². The van der Waals surface area contributed by atoms with E-state index in [1.54, 1.807) is 0 Å². The topological polar surface area (TPSA) is 46.2 Å². The number of carbonyl (C=O) groups is 2. The molecule has 0 spiro atoms. The van der Waals surface area contributed by atoms with Crippen molar-refractivity contribution in [3.8, 4) is 0 Å². The SMILES string of the molecule is CCCCCC(=O)SC(C)C(C)(C)CC(C)(C)C(=O)NCCC. The average molecular weight is 344 g/mol. The van der Waals surface area contributed by atoms with Crippen LogP contribution in [0.25, 0.3) is 0 Å². The molecule has 1 atom stereocenters. The second-order valence-electron chi connectivity index (χ2n) is 7.89. The van der Waals surface area contributed by atoms with E-state index in [9.17, 15) is 9.59 Å². The first-order chi connectivity index (χ1) is 10.6. The third-order valence-corrected chi connectivity index (χ3v) is 5.90. The number of rotatable bonds is 11. The summed E-state index contributed by atoms with van der Waals surface area (Å²) in [6.45, 7) is 15.4. The minimum Gasteiger partial charge on any atom is -0.356 e. The van der Waals surface area contributed by atoms with Crippen molar-refractivity contribution < 1.29 is 9.59 Å². The summed E-state index contributed by atoms with van der Waals surface area (Å²) in [4.78, 5) is 24.4. The lowest BCUT2D eigenvalue weighted by Crippen LogP contribution is -2.42. The van der Waals surface area contributed by atoms with Crippen molar-refractivity contribution >= 4 is 22.8 Å². The summed E-state index contributed by atoms with van der Waals surface area (Å²) >= 11 is 1.46. The highest BCUT2D eigenvalue weighted by atomic mass is 32.2. The van der Waals surface area contributed by atoms with Crippen LogP contribution in [0.3, 0.4) is 0 Å². The van der Waals surface area contributed by atoms with Gasteiger partial charge >= 0.3 is 0 Å². The van der Waals surface area contributed by atoms with Crippen LogP contribution in [0.1, 0.15) is 87.0 Å². The van der Waals surface area contributed by atoms with Gasteiger partial charge in [0, 0.05) is 23.6 Å². The fourth-order valence-corrected chi connectivity index (χ4v) is 3.83. The molecule has 0 aliphatic heterocycles. The summed E-state index contributed by atoms with van der Waals surface area (Å²) in [5.41, 5.74) is -0.489. The molecule has 0 aromatic rings. The first kappa shape index (κ1) is 22.5. The van der Waals surface area contributed by atoms with Gasteiger partial charge in [0.1, 0.15) is 0 Å². The molecule has 0 fully saturated rings. The third-order valence-electron chi connectivity index (χ3n) is 4.44. The van der Waals surface area contributed by atoms with Gasteiger partial charge in [0.05, 0.1) is 0 Å². The van der Waals surface area contributed by atoms with Gasteiger partial charge < -0.3 is 5.32 Å². The standard InChI is InChI=1S/C19H37NO2S/c1-8-10-11-12-16(21)23-15(3)18(4,5)14-19(6,7)17(22)20-13-9-2/h15H,8-14H2,1-7H3,(H,20,22). The van der Waals surface area contributed by atoms with Crippen LogP contribution in [0.5, 0.6) is 0 Å². The van der Waals surface area contributed by atoms with Crippen molar-refractivity contribution in [1.29, 1.82) is 0 Å². The van der Waals surface area contributed by atoms with Gasteiger partial charge in [-0.05, 0) is 24.7 Å². The lowest BCUT2D eigenvalue weighted by molar-refractivity contribution is -0.130. The smallest absolute Gasteiger partial charge is 0.225 e. The van der Waals surface area contributed by atoms with E-state index in [4.69, 9.17) is 0 Å². The van der Waals surface area contributed by atoms with E-state index in [1.807, 2.05) is 13.8 Å². The summed E-state index contributed by atoms with van der Waals surface area (Å²) in [5.74, 6) is 0.110. The Kier molecular flexibility index (Phi) is 10.1. The van der Waals surface area contributed by atoms with Crippen molar-refractivity contribution in [1.82, 2.24) is 5.32 Å². The maximum absolute atomic E-state index is 12.3. The number of nitrogens with one attached hydrogen (secondary N) is 1. The predicted molar refractivity (Wildman–Crippen MR) is 102 cm³/mol. The van der Waals surface area contributed by atoms with Crippen molar-refractivity contribution in [3.63, 3.8) is 0 Å². The fraction of sp³-hybridized carbons (Fsp3) is 0.895. The summed E-state index contributed by atoms with van der Waals surface area (Å²) in [5, 5.41) is 3.48. The number of amides is 1. The highest BCUT2D eigenvalue weighted by Gasteiger charge is 2.38. The number of hydrogen-bond acceptors (Lipinski definition) is 3. The number of thioether (sulfide) groups is 1. The van der Waals surface area contributed by atoms with Gasteiger partial charge in [0.2, 0.25) is 5.91 Å². The van der Waals surface area contributed by atoms with Crippen LogP contribution < -0.4 is 5.32 Å². The molecule has 23 heavy (non-hydrogen) atoms. The molecule has 1 unspecified atom stereocenters. The molecular formula is C19H37NO2S. The largest absolute Gasteiger partial charge is 0.356 e. The number of unbranched alkanes of at least 4 members (excludes halogenated alkanes) is 2. The molecule has 0 aliphatic rings. The van der Waals surface area contributed by atoms with Crippen molar-refractivity contribution in [2.45, 2.75) is 92.2 Å². The Morgan fingerprint density at radius 2 is 1.65 bits per heavy atom. The van der Waals surface area contributed by atoms with E-state index >= 15 is 0 Å². The van der Waals surface area contributed by atoms with E-state index < -0.39 is 5.41 Å². The maximum Gasteiger partial charge on any atom is 0.225 e. The molecular weight excluding hydrogens is 306 g/mol. The number of carbonyl (C=O) groups excluding carboxylic acids is 2. The molecule has 0 aromatic heterocycles. The average Bonchev–Trinajstić information content (AvgIpc) is 2.43. The fourth-order valence-electron chi connectivity index (χ4n) is 2.78. The molecule has 136 valence electrons. The zero-order valence-corrected chi connectivity index (χ0v) is 17.1. The van der Waals surface area contributed by atoms with Gasteiger partial charge in [-0.25, -0.2) is 0 Å². The molecule has 0 saturated carbocycles. The van der Waals surface area contributed by atoms with Gasteiger partial charge in [-0.1, -0.05) is 73.1 Å². The Morgan fingerprint density at radius 1 is 1.04 bits per heavy atom. The predicted octanol–water partition coefficient (Wildman–Crippen LogP) is 5.18. The Labute approximate surface area is 147 Å². The van der Waals surface area contributed by atoms with E-state index in [1.165, 1.54) is 11.8 Å². The molecule has 0 radical (unpaired) electrons. The van der Waals surface area contributed by atoms with Crippen LogP contribution in [0, 0.1) is 10.8 Å². The zero-order chi connectivity index (χ0) is 18.1. The Hall–Kier alpha value is -0.510. The van der Waals surface area contributed by atoms with Gasteiger partial charge in [-0.2, -0.15) is 0 Å². The van der Waals surface area contributed by atoms with Crippen LogP contribution >= 0.6 is 11.8 Å².